The summed E-state index contributed by atoms with van der Waals surface area (Å²) >= 11 is 12.0. The molecule has 3 aromatic carbocycles. The van der Waals surface area contributed by atoms with Gasteiger partial charge in [-0.3, -0.25) is 4.79 Å². The van der Waals surface area contributed by atoms with Gasteiger partial charge in [-0.2, -0.15) is 4.98 Å². The molecule has 5 aromatic rings. The molecule has 0 saturated carbocycles. The molecule has 0 radical (unpaired) electrons. The second-order valence-electron chi connectivity index (χ2n) is 10.2. The van der Waals surface area contributed by atoms with Crippen LogP contribution < -0.4 is 5.43 Å². The number of aromatic nitrogens is 3. The predicted octanol–water partition coefficient (Wildman–Crippen LogP) is 6.68. The van der Waals surface area contributed by atoms with Crippen molar-refractivity contribution < 1.29 is 18.4 Å². The lowest BCUT2D eigenvalue weighted by Crippen LogP contribution is -2.40. The van der Waals surface area contributed by atoms with Gasteiger partial charge in [0.2, 0.25) is 11.7 Å². The zero-order valence-electron chi connectivity index (χ0n) is 22.8. The number of nitrogens with zero attached hydrogens (tertiary/aromatic N) is 4. The molecule has 6 rings (SSSR count). The molecular formula is C32H25Cl2FN4O4. The molecule has 11 heteroatoms. The average Bonchev–Trinajstić information content (AvgIpc) is 3.48. The van der Waals surface area contributed by atoms with E-state index >= 15 is 0 Å². The topological polar surface area (TPSA) is 90.5 Å². The highest BCUT2D eigenvalue weighted by atomic mass is 35.5. The van der Waals surface area contributed by atoms with E-state index in [1.165, 1.54) is 11.0 Å². The Labute approximate surface area is 256 Å². The van der Waals surface area contributed by atoms with Crippen LogP contribution in [0, 0.1) is 5.82 Å². The number of carbonyl (C=O) groups excluding carboxylic acids is 1. The molecule has 0 N–H and O–H groups in total. The summed E-state index contributed by atoms with van der Waals surface area (Å²) in [4.78, 5) is 32.8. The summed E-state index contributed by atoms with van der Waals surface area (Å²) < 4.78 is 27.6. The van der Waals surface area contributed by atoms with Crippen LogP contribution in [0.5, 0.6) is 0 Å². The van der Waals surface area contributed by atoms with Crippen molar-refractivity contribution in [2.75, 3.05) is 6.54 Å². The van der Waals surface area contributed by atoms with Crippen LogP contribution in [0.4, 0.5) is 9.18 Å². The van der Waals surface area contributed by atoms with Crippen LogP contribution in [-0.4, -0.2) is 32.2 Å². The van der Waals surface area contributed by atoms with E-state index in [-0.39, 0.29) is 41.5 Å². The van der Waals surface area contributed by atoms with Crippen LogP contribution in [0.15, 0.2) is 88.3 Å². The molecule has 0 atom stereocenters. The van der Waals surface area contributed by atoms with Crippen molar-refractivity contribution in [1.82, 2.24) is 19.6 Å². The van der Waals surface area contributed by atoms with Crippen molar-refractivity contribution in [3.05, 3.63) is 139 Å². The summed E-state index contributed by atoms with van der Waals surface area (Å²) in [7, 11) is 0. The van der Waals surface area contributed by atoms with E-state index in [1.54, 1.807) is 35.0 Å². The molecule has 0 unspecified atom stereocenters. The van der Waals surface area contributed by atoms with Gasteiger partial charge in [0.15, 0.2) is 5.43 Å². The number of fused-ring (bicyclic) bond motifs is 1. The molecule has 0 saturated heterocycles. The lowest BCUT2D eigenvalue weighted by Gasteiger charge is -2.30. The second kappa shape index (κ2) is 12.4. The molecule has 1 aliphatic heterocycles. The zero-order valence-corrected chi connectivity index (χ0v) is 24.3. The van der Waals surface area contributed by atoms with Crippen LogP contribution >= 0.6 is 23.2 Å². The number of halogens is 3. The quantitative estimate of drug-likeness (QED) is 0.202. The van der Waals surface area contributed by atoms with Gasteiger partial charge < -0.3 is 18.7 Å². The van der Waals surface area contributed by atoms with Gasteiger partial charge in [0.25, 0.3) is 0 Å². The minimum atomic E-state index is -0.528. The fourth-order valence-corrected chi connectivity index (χ4v) is 5.33. The molecule has 8 nitrogen and oxygen atoms in total. The maximum atomic E-state index is 14.8. The number of pyridine rings is 1. The third-order valence-electron chi connectivity index (χ3n) is 7.26. The Hall–Kier alpha value is -4.47. The smallest absolute Gasteiger partial charge is 0.410 e. The molecular weight excluding hydrogens is 594 g/mol. The Kier molecular flexibility index (Phi) is 8.26. The van der Waals surface area contributed by atoms with Crippen LogP contribution in [0.1, 0.15) is 33.8 Å². The molecule has 0 spiro atoms. The number of ether oxygens (including phenoxy) is 1. The van der Waals surface area contributed by atoms with E-state index in [9.17, 15) is 14.0 Å². The van der Waals surface area contributed by atoms with Crippen molar-refractivity contribution in [2.45, 2.75) is 32.5 Å². The third-order valence-corrected chi connectivity index (χ3v) is 7.75. The molecule has 2 aromatic heterocycles. The highest BCUT2D eigenvalue weighted by Crippen LogP contribution is 2.25. The number of benzene rings is 3. The second-order valence-corrected chi connectivity index (χ2v) is 11.1. The van der Waals surface area contributed by atoms with Crippen LogP contribution in [0.3, 0.4) is 0 Å². The van der Waals surface area contributed by atoms with Crippen LogP contribution in [-0.2, 0) is 37.3 Å². The lowest BCUT2D eigenvalue weighted by molar-refractivity contribution is 0.0912. The van der Waals surface area contributed by atoms with Crippen LogP contribution in [0.25, 0.3) is 11.4 Å². The molecule has 1 amide bonds. The lowest BCUT2D eigenvalue weighted by atomic mass is 10.0. The van der Waals surface area contributed by atoms with E-state index in [2.05, 4.69) is 10.1 Å². The van der Waals surface area contributed by atoms with Gasteiger partial charge in [0.1, 0.15) is 12.4 Å². The summed E-state index contributed by atoms with van der Waals surface area (Å²) in [6.07, 6.45) is 1.81. The number of hydrogen-bond donors (Lipinski definition) is 0. The first kappa shape index (κ1) is 28.6. The van der Waals surface area contributed by atoms with Gasteiger partial charge in [-0.25, -0.2) is 9.18 Å². The monoisotopic (exact) mass is 618 g/mol. The van der Waals surface area contributed by atoms with Gasteiger partial charge in [-0.1, -0.05) is 76.9 Å². The van der Waals surface area contributed by atoms with Gasteiger partial charge >= 0.3 is 6.09 Å². The van der Waals surface area contributed by atoms with E-state index in [4.69, 9.17) is 32.5 Å². The number of amides is 1. The van der Waals surface area contributed by atoms with Crippen molar-refractivity contribution in [3.8, 4) is 11.4 Å². The molecule has 1 aliphatic rings. The first-order valence-corrected chi connectivity index (χ1v) is 14.3. The van der Waals surface area contributed by atoms with Crippen molar-refractivity contribution >= 4 is 29.3 Å². The predicted molar refractivity (Wildman–Crippen MR) is 160 cm³/mol. The Morgan fingerprint density at radius 1 is 1.00 bits per heavy atom. The summed E-state index contributed by atoms with van der Waals surface area (Å²) in [6, 6.07) is 21.1. The van der Waals surface area contributed by atoms with E-state index in [0.717, 1.165) is 11.1 Å². The SMILES string of the molecule is O=C(OCc1ccccc1)N1CCc2c(c(=O)c(-c3noc(Cc4ccc(Cl)cc4)n3)cn2Cc2ccc(Cl)cc2F)C1. The zero-order chi connectivity index (χ0) is 29.9. The maximum Gasteiger partial charge on any atom is 0.410 e. The summed E-state index contributed by atoms with van der Waals surface area (Å²) in [5.74, 6) is -0.0463. The normalized spacial score (nSPS) is 12.7. The Balaban J connectivity index is 1.32. The Morgan fingerprint density at radius 2 is 1.77 bits per heavy atom. The summed E-state index contributed by atoms with van der Waals surface area (Å²) in [6.45, 7) is 0.596. The largest absolute Gasteiger partial charge is 0.445 e. The highest BCUT2D eigenvalue weighted by Gasteiger charge is 2.28. The number of rotatable bonds is 7. The molecule has 218 valence electrons. The fraction of sp³-hybridized carbons (Fsp3) is 0.188. The van der Waals surface area contributed by atoms with Gasteiger partial charge in [-0.05, 0) is 35.4 Å². The fourth-order valence-electron chi connectivity index (χ4n) is 5.04. The minimum absolute atomic E-state index is 0.0220. The minimum Gasteiger partial charge on any atom is -0.445 e. The van der Waals surface area contributed by atoms with Crippen molar-refractivity contribution in [3.63, 3.8) is 0 Å². The summed E-state index contributed by atoms with van der Waals surface area (Å²) in [5, 5.41) is 4.98. The van der Waals surface area contributed by atoms with Gasteiger partial charge in [0.05, 0.1) is 25.1 Å². The third kappa shape index (κ3) is 6.48. The molecule has 43 heavy (non-hydrogen) atoms. The summed E-state index contributed by atoms with van der Waals surface area (Å²) in [5.41, 5.74) is 3.09. The Bertz CT molecular complexity index is 1840. The first-order chi connectivity index (χ1) is 20.8. The number of carbonyl (C=O) groups is 1. The van der Waals surface area contributed by atoms with E-state index in [1.807, 2.05) is 42.5 Å². The maximum absolute atomic E-state index is 14.8. The molecule has 3 heterocycles. The molecule has 0 fully saturated rings. The van der Waals surface area contributed by atoms with E-state index < -0.39 is 11.9 Å². The molecule has 0 aliphatic carbocycles. The highest BCUT2D eigenvalue weighted by molar-refractivity contribution is 6.30. The van der Waals surface area contributed by atoms with Crippen LogP contribution in [0.2, 0.25) is 10.0 Å². The molecule has 0 bridgehead atoms. The van der Waals surface area contributed by atoms with E-state index in [0.29, 0.717) is 47.1 Å². The Morgan fingerprint density at radius 3 is 2.53 bits per heavy atom. The standard InChI is InChI=1S/C32H25Cl2FN4O4/c33-23-9-6-20(7-10-23)14-29-36-31(37-43-29)26-18-39(16-22-8-11-24(34)15-27(22)35)28-12-13-38(17-25(28)30(26)40)32(41)42-19-21-4-2-1-3-5-21/h1-11,15,18H,12-14,16-17,19H2. The van der Waals surface area contributed by atoms with Gasteiger partial charge in [-0.15, -0.1) is 0 Å². The van der Waals surface area contributed by atoms with Crippen molar-refractivity contribution in [2.24, 2.45) is 0 Å². The van der Waals surface area contributed by atoms with Gasteiger partial charge in [0, 0.05) is 46.0 Å². The average molecular weight is 619 g/mol. The first-order valence-electron chi connectivity index (χ1n) is 13.6. The number of hydrogen-bond acceptors (Lipinski definition) is 6. The van der Waals surface area contributed by atoms with Crippen molar-refractivity contribution in [1.29, 1.82) is 0 Å².